The van der Waals surface area contributed by atoms with Crippen LogP contribution in [-0.2, 0) is 10.0 Å². The summed E-state index contributed by atoms with van der Waals surface area (Å²) in [5.74, 6) is 3.18. The van der Waals surface area contributed by atoms with E-state index in [2.05, 4.69) is 4.72 Å². The van der Waals surface area contributed by atoms with E-state index in [1.54, 1.807) is 0 Å². The van der Waals surface area contributed by atoms with Gasteiger partial charge in [0.05, 0.1) is 5.75 Å². The zero-order chi connectivity index (χ0) is 10.4. The average Bonchev–Trinajstić information content (AvgIpc) is 2.17. The fourth-order valence-corrected chi connectivity index (χ4v) is 3.91. The third kappa shape index (κ3) is 4.66. The Labute approximate surface area is 91.1 Å². The van der Waals surface area contributed by atoms with E-state index in [9.17, 15) is 8.42 Å². The van der Waals surface area contributed by atoms with Crippen LogP contribution in [0.25, 0.3) is 0 Å². The number of rotatable bonds is 5. The van der Waals surface area contributed by atoms with Gasteiger partial charge in [-0.2, -0.15) is 11.8 Å². The fraction of sp³-hybridized carbons (Fsp3) is 1.00. The Morgan fingerprint density at radius 3 is 2.57 bits per heavy atom. The van der Waals surface area contributed by atoms with Crippen LogP contribution in [0.4, 0.5) is 0 Å². The summed E-state index contributed by atoms with van der Waals surface area (Å²) in [7, 11) is -2.99. The molecular weight excluding hydrogens is 218 g/mol. The Hall–Kier alpha value is 0.260. The van der Waals surface area contributed by atoms with Crippen molar-refractivity contribution in [1.29, 1.82) is 0 Å². The summed E-state index contributed by atoms with van der Waals surface area (Å²) in [6.07, 6.45) is 2.99. The quantitative estimate of drug-likeness (QED) is 0.787. The molecule has 0 aromatic carbocycles. The normalized spacial score (nSPS) is 19.8. The maximum Gasteiger partial charge on any atom is 0.211 e. The first-order valence-corrected chi connectivity index (χ1v) is 8.00. The van der Waals surface area contributed by atoms with Crippen molar-refractivity contribution in [2.24, 2.45) is 5.92 Å². The van der Waals surface area contributed by atoms with Crippen LogP contribution in [0.15, 0.2) is 0 Å². The molecule has 1 aliphatic rings. The van der Waals surface area contributed by atoms with Gasteiger partial charge in [-0.25, -0.2) is 13.1 Å². The molecule has 84 valence electrons. The largest absolute Gasteiger partial charge is 0.215 e. The molecule has 1 N–H and O–H groups in total. The third-order valence-corrected chi connectivity index (χ3v) is 5.01. The lowest BCUT2D eigenvalue weighted by Crippen LogP contribution is -2.32. The molecule has 1 heterocycles. The van der Waals surface area contributed by atoms with Crippen molar-refractivity contribution in [2.45, 2.75) is 26.2 Å². The van der Waals surface area contributed by atoms with Crippen molar-refractivity contribution in [3.05, 3.63) is 0 Å². The van der Waals surface area contributed by atoms with Crippen LogP contribution >= 0.6 is 11.8 Å². The van der Waals surface area contributed by atoms with Gasteiger partial charge in [0.2, 0.25) is 10.0 Å². The number of thioether (sulfide) groups is 1. The molecule has 0 unspecified atom stereocenters. The highest BCUT2D eigenvalue weighted by molar-refractivity contribution is 7.99. The van der Waals surface area contributed by atoms with E-state index >= 15 is 0 Å². The maximum atomic E-state index is 11.4. The minimum Gasteiger partial charge on any atom is -0.215 e. The molecule has 0 atom stereocenters. The first kappa shape index (κ1) is 12.3. The Kier molecular flexibility index (Phi) is 5.26. The summed E-state index contributed by atoms with van der Waals surface area (Å²) in [6, 6.07) is 0. The zero-order valence-corrected chi connectivity index (χ0v) is 10.3. The molecule has 1 aliphatic heterocycles. The smallest absolute Gasteiger partial charge is 0.211 e. The highest BCUT2D eigenvalue weighted by atomic mass is 32.2. The minimum absolute atomic E-state index is 0.258. The molecule has 0 saturated carbocycles. The van der Waals surface area contributed by atoms with E-state index < -0.39 is 10.0 Å². The van der Waals surface area contributed by atoms with Gasteiger partial charge < -0.3 is 0 Å². The van der Waals surface area contributed by atoms with E-state index in [0.29, 0.717) is 18.9 Å². The van der Waals surface area contributed by atoms with Gasteiger partial charge in [-0.1, -0.05) is 6.92 Å². The predicted octanol–water partition coefficient (Wildman–Crippen LogP) is 1.46. The SMILES string of the molecule is CCCS(=O)(=O)NCC1CCSCC1. The molecule has 5 heteroatoms. The number of hydrogen-bond acceptors (Lipinski definition) is 3. The predicted molar refractivity (Wildman–Crippen MR) is 62.1 cm³/mol. The van der Waals surface area contributed by atoms with Crippen LogP contribution in [0.2, 0.25) is 0 Å². The summed E-state index contributed by atoms with van der Waals surface area (Å²) in [5.41, 5.74) is 0. The lowest BCUT2D eigenvalue weighted by Gasteiger charge is -2.21. The molecule has 0 aromatic rings. The van der Waals surface area contributed by atoms with E-state index in [1.807, 2.05) is 18.7 Å². The van der Waals surface area contributed by atoms with E-state index in [-0.39, 0.29) is 5.75 Å². The van der Waals surface area contributed by atoms with Crippen LogP contribution in [0, 0.1) is 5.92 Å². The third-order valence-electron chi connectivity index (χ3n) is 2.41. The minimum atomic E-state index is -2.99. The highest BCUT2D eigenvalue weighted by Crippen LogP contribution is 2.21. The molecule has 0 amide bonds. The Morgan fingerprint density at radius 2 is 2.00 bits per heavy atom. The number of nitrogens with one attached hydrogen (secondary N) is 1. The van der Waals surface area contributed by atoms with Crippen LogP contribution in [-0.4, -0.2) is 32.2 Å². The molecule has 0 aliphatic carbocycles. The van der Waals surface area contributed by atoms with Crippen molar-refractivity contribution in [2.75, 3.05) is 23.8 Å². The molecule has 0 spiro atoms. The van der Waals surface area contributed by atoms with Gasteiger partial charge in [-0.15, -0.1) is 0 Å². The van der Waals surface area contributed by atoms with Crippen LogP contribution in [0.3, 0.4) is 0 Å². The molecule has 3 nitrogen and oxygen atoms in total. The monoisotopic (exact) mass is 237 g/mol. The first-order valence-electron chi connectivity index (χ1n) is 5.19. The lowest BCUT2D eigenvalue weighted by atomic mass is 10.0. The first-order chi connectivity index (χ1) is 6.64. The van der Waals surface area contributed by atoms with Gasteiger partial charge in [0.25, 0.3) is 0 Å². The Morgan fingerprint density at radius 1 is 1.36 bits per heavy atom. The highest BCUT2D eigenvalue weighted by Gasteiger charge is 2.16. The fourth-order valence-electron chi connectivity index (χ4n) is 1.54. The molecule has 14 heavy (non-hydrogen) atoms. The molecule has 0 bridgehead atoms. The second kappa shape index (κ2) is 5.98. The molecule has 0 aromatic heterocycles. The summed E-state index contributed by atoms with van der Waals surface area (Å²) >= 11 is 1.97. The summed E-state index contributed by atoms with van der Waals surface area (Å²) in [6.45, 7) is 2.53. The summed E-state index contributed by atoms with van der Waals surface area (Å²) < 4.78 is 25.4. The van der Waals surface area contributed by atoms with Crippen molar-refractivity contribution in [1.82, 2.24) is 4.72 Å². The van der Waals surface area contributed by atoms with Crippen molar-refractivity contribution in [3.63, 3.8) is 0 Å². The average molecular weight is 237 g/mol. The van der Waals surface area contributed by atoms with E-state index in [0.717, 1.165) is 12.8 Å². The molecule has 0 radical (unpaired) electrons. The van der Waals surface area contributed by atoms with Crippen LogP contribution in [0.1, 0.15) is 26.2 Å². The zero-order valence-electron chi connectivity index (χ0n) is 8.66. The number of hydrogen-bond donors (Lipinski definition) is 1. The molecule has 1 rings (SSSR count). The van der Waals surface area contributed by atoms with E-state index in [4.69, 9.17) is 0 Å². The standard InChI is InChI=1S/C9H19NO2S2/c1-2-7-14(11,12)10-8-9-3-5-13-6-4-9/h9-10H,2-8H2,1H3. The molecule has 1 saturated heterocycles. The summed E-state index contributed by atoms with van der Waals surface area (Å²) in [4.78, 5) is 0. The van der Waals surface area contributed by atoms with Crippen LogP contribution < -0.4 is 4.72 Å². The maximum absolute atomic E-state index is 11.4. The lowest BCUT2D eigenvalue weighted by molar-refractivity contribution is 0.476. The van der Waals surface area contributed by atoms with Crippen LogP contribution in [0.5, 0.6) is 0 Å². The molecular formula is C9H19NO2S2. The van der Waals surface area contributed by atoms with Gasteiger partial charge in [0.1, 0.15) is 0 Å². The number of sulfonamides is 1. The van der Waals surface area contributed by atoms with E-state index in [1.165, 1.54) is 11.5 Å². The van der Waals surface area contributed by atoms with Gasteiger partial charge >= 0.3 is 0 Å². The Bertz CT molecular complexity index is 246. The second-order valence-corrected chi connectivity index (χ2v) is 6.87. The van der Waals surface area contributed by atoms with Gasteiger partial charge in [-0.05, 0) is 36.7 Å². The van der Waals surface area contributed by atoms with Gasteiger partial charge in [0, 0.05) is 6.54 Å². The second-order valence-electron chi connectivity index (χ2n) is 3.72. The van der Waals surface area contributed by atoms with Gasteiger partial charge in [0.15, 0.2) is 0 Å². The van der Waals surface area contributed by atoms with Gasteiger partial charge in [-0.3, -0.25) is 0 Å². The van der Waals surface area contributed by atoms with Crippen molar-refractivity contribution >= 4 is 21.8 Å². The summed E-state index contributed by atoms with van der Waals surface area (Å²) in [5, 5.41) is 0. The topological polar surface area (TPSA) is 46.2 Å². The van der Waals surface area contributed by atoms with Crippen molar-refractivity contribution < 1.29 is 8.42 Å². The van der Waals surface area contributed by atoms with Crippen molar-refractivity contribution in [3.8, 4) is 0 Å². The molecule has 1 fully saturated rings. The Balaban J connectivity index is 2.24.